The molecule has 1 amide bonds. The molecule has 2 heterocycles. The van der Waals surface area contributed by atoms with E-state index in [0.717, 1.165) is 0 Å². The predicted octanol–water partition coefficient (Wildman–Crippen LogP) is 4.00. The highest BCUT2D eigenvalue weighted by Gasteiger charge is 2.50. The van der Waals surface area contributed by atoms with Gasteiger partial charge in [0.15, 0.2) is 22.9 Å². The minimum absolute atomic E-state index is 0.202. The second kappa shape index (κ2) is 9.00. The number of aliphatic hydroxyl groups is 1. The molecular formula is C26H22ClNO6. The molecule has 1 atom stereocenters. The molecule has 174 valence electrons. The molecule has 0 fully saturated rings. The Kier molecular flexibility index (Phi) is 5.89. The third-order valence-corrected chi connectivity index (χ3v) is 6.17. The Labute approximate surface area is 201 Å². The molecule has 2 aliphatic heterocycles. The third-order valence-electron chi connectivity index (χ3n) is 5.92. The van der Waals surface area contributed by atoms with Gasteiger partial charge < -0.3 is 24.2 Å². The van der Waals surface area contributed by atoms with E-state index in [1.54, 1.807) is 66.7 Å². The van der Waals surface area contributed by atoms with Crippen LogP contribution in [0.1, 0.15) is 22.3 Å². The Hall–Kier alpha value is -3.55. The average molecular weight is 480 g/mol. The fraction of sp³-hybridized carbons (Fsp3) is 0.231. The van der Waals surface area contributed by atoms with Crippen LogP contribution in [0.25, 0.3) is 0 Å². The van der Waals surface area contributed by atoms with Gasteiger partial charge in [0, 0.05) is 16.1 Å². The van der Waals surface area contributed by atoms with Crippen molar-refractivity contribution in [3.63, 3.8) is 0 Å². The van der Waals surface area contributed by atoms with Gasteiger partial charge in [0.1, 0.15) is 25.6 Å². The number of hydrogen-bond acceptors (Lipinski definition) is 6. The van der Waals surface area contributed by atoms with Crippen LogP contribution in [0.2, 0.25) is 5.02 Å². The summed E-state index contributed by atoms with van der Waals surface area (Å²) in [5.74, 6) is 0.730. The molecule has 0 saturated carbocycles. The number of ketones is 1. The lowest BCUT2D eigenvalue weighted by molar-refractivity contribution is -0.135. The van der Waals surface area contributed by atoms with Crippen molar-refractivity contribution in [2.24, 2.45) is 0 Å². The first-order valence-corrected chi connectivity index (χ1v) is 11.3. The summed E-state index contributed by atoms with van der Waals surface area (Å²) < 4.78 is 16.8. The van der Waals surface area contributed by atoms with E-state index in [1.165, 1.54) is 4.90 Å². The fourth-order valence-electron chi connectivity index (χ4n) is 4.24. The highest BCUT2D eigenvalue weighted by atomic mass is 35.5. The van der Waals surface area contributed by atoms with Crippen LogP contribution in [0.4, 0.5) is 5.69 Å². The molecule has 0 spiro atoms. The lowest BCUT2D eigenvalue weighted by Crippen LogP contribution is -2.43. The van der Waals surface area contributed by atoms with Crippen LogP contribution in [0.15, 0.2) is 66.7 Å². The highest BCUT2D eigenvalue weighted by Crippen LogP contribution is 2.43. The number of hydrogen-bond donors (Lipinski definition) is 1. The van der Waals surface area contributed by atoms with Crippen LogP contribution in [0.5, 0.6) is 17.2 Å². The number of fused-ring (bicyclic) bond motifs is 2. The first-order chi connectivity index (χ1) is 16.5. The molecule has 0 radical (unpaired) electrons. The second-order valence-corrected chi connectivity index (χ2v) is 8.53. The van der Waals surface area contributed by atoms with Crippen molar-refractivity contribution in [2.45, 2.75) is 12.0 Å². The SMILES string of the molecule is O=C(CC1(O)C(=O)N(CCOc2ccc(Cl)cc2)c2ccccc21)c1ccc2c(c1)OCCO2. The van der Waals surface area contributed by atoms with Crippen LogP contribution in [-0.4, -0.2) is 43.2 Å². The van der Waals surface area contributed by atoms with Crippen LogP contribution in [0, 0.1) is 0 Å². The molecule has 5 rings (SSSR count). The molecule has 0 aliphatic carbocycles. The summed E-state index contributed by atoms with van der Waals surface area (Å²) in [5, 5.41) is 12.1. The van der Waals surface area contributed by atoms with Crippen molar-refractivity contribution in [1.29, 1.82) is 0 Å². The minimum Gasteiger partial charge on any atom is -0.492 e. The van der Waals surface area contributed by atoms with Gasteiger partial charge in [0.2, 0.25) is 0 Å². The predicted molar refractivity (Wildman–Crippen MR) is 126 cm³/mol. The van der Waals surface area contributed by atoms with E-state index in [9.17, 15) is 14.7 Å². The summed E-state index contributed by atoms with van der Waals surface area (Å²) in [7, 11) is 0. The maximum absolute atomic E-state index is 13.4. The van der Waals surface area contributed by atoms with E-state index < -0.39 is 17.9 Å². The zero-order valence-corrected chi connectivity index (χ0v) is 19.0. The van der Waals surface area contributed by atoms with Gasteiger partial charge in [-0.15, -0.1) is 0 Å². The van der Waals surface area contributed by atoms with Crippen LogP contribution < -0.4 is 19.1 Å². The summed E-state index contributed by atoms with van der Waals surface area (Å²) in [6.45, 7) is 1.25. The number of amides is 1. The van der Waals surface area contributed by atoms with Crippen molar-refractivity contribution in [1.82, 2.24) is 0 Å². The van der Waals surface area contributed by atoms with Gasteiger partial charge in [-0.1, -0.05) is 29.8 Å². The molecule has 7 nitrogen and oxygen atoms in total. The van der Waals surface area contributed by atoms with Gasteiger partial charge in [-0.3, -0.25) is 9.59 Å². The molecule has 0 saturated heterocycles. The van der Waals surface area contributed by atoms with Gasteiger partial charge in [0.05, 0.1) is 18.7 Å². The molecule has 1 N–H and O–H groups in total. The number of nitrogens with zero attached hydrogens (tertiary/aromatic N) is 1. The standard InChI is InChI=1S/C26H22ClNO6/c27-18-6-8-19(9-7-18)32-12-11-28-21-4-2-1-3-20(21)26(31,25(28)30)16-22(29)17-5-10-23-24(15-17)34-14-13-33-23/h1-10,15,31H,11-14,16H2. The first kappa shape index (κ1) is 22.3. The van der Waals surface area contributed by atoms with Gasteiger partial charge in [-0.25, -0.2) is 0 Å². The number of carbonyl (C=O) groups excluding carboxylic acids is 2. The number of anilines is 1. The quantitative estimate of drug-likeness (QED) is 0.516. The summed E-state index contributed by atoms with van der Waals surface area (Å²) in [4.78, 5) is 28.0. The van der Waals surface area contributed by atoms with E-state index in [0.29, 0.717) is 52.3 Å². The number of Topliss-reactive ketones (excluding diaryl/α,β-unsaturated/α-hetero) is 1. The number of carbonyl (C=O) groups is 2. The Bertz CT molecular complexity index is 1240. The normalized spacial score (nSPS) is 18.5. The van der Waals surface area contributed by atoms with Gasteiger partial charge in [0.25, 0.3) is 5.91 Å². The number of benzene rings is 3. The lowest BCUT2D eigenvalue weighted by atomic mass is 9.88. The van der Waals surface area contributed by atoms with Crippen molar-refractivity contribution in [3.05, 3.63) is 82.9 Å². The van der Waals surface area contributed by atoms with E-state index in [-0.39, 0.29) is 18.9 Å². The lowest BCUT2D eigenvalue weighted by Gasteiger charge is -2.23. The van der Waals surface area contributed by atoms with E-state index in [2.05, 4.69) is 0 Å². The number of rotatable bonds is 7. The largest absolute Gasteiger partial charge is 0.492 e. The smallest absolute Gasteiger partial charge is 0.264 e. The first-order valence-electron chi connectivity index (χ1n) is 10.9. The number of ether oxygens (including phenoxy) is 3. The third kappa shape index (κ3) is 4.08. The molecule has 3 aromatic rings. The monoisotopic (exact) mass is 479 g/mol. The number of halogens is 1. The van der Waals surface area contributed by atoms with E-state index >= 15 is 0 Å². The Balaban J connectivity index is 1.34. The van der Waals surface area contributed by atoms with Crippen LogP contribution >= 0.6 is 11.6 Å². The average Bonchev–Trinajstić information content (AvgIpc) is 3.06. The second-order valence-electron chi connectivity index (χ2n) is 8.09. The molecule has 8 heteroatoms. The Morgan fingerprint density at radius 2 is 1.76 bits per heavy atom. The summed E-state index contributed by atoms with van der Waals surface area (Å²) in [6.07, 6.45) is -0.392. The van der Waals surface area contributed by atoms with Crippen molar-refractivity contribution in [2.75, 3.05) is 31.3 Å². The van der Waals surface area contributed by atoms with E-state index in [1.807, 2.05) is 0 Å². The molecular weight excluding hydrogens is 458 g/mol. The zero-order valence-electron chi connectivity index (χ0n) is 18.2. The van der Waals surface area contributed by atoms with Gasteiger partial charge >= 0.3 is 0 Å². The summed E-state index contributed by atoms with van der Waals surface area (Å²) in [6, 6.07) is 18.7. The molecule has 2 aliphatic rings. The molecule has 0 aromatic heterocycles. The van der Waals surface area contributed by atoms with Gasteiger partial charge in [-0.05, 0) is 48.5 Å². The zero-order chi connectivity index (χ0) is 23.7. The van der Waals surface area contributed by atoms with Gasteiger partial charge in [-0.2, -0.15) is 0 Å². The van der Waals surface area contributed by atoms with Crippen LogP contribution in [-0.2, 0) is 10.4 Å². The molecule has 34 heavy (non-hydrogen) atoms. The fourth-order valence-corrected chi connectivity index (χ4v) is 4.36. The number of para-hydroxylation sites is 1. The maximum Gasteiger partial charge on any atom is 0.264 e. The summed E-state index contributed by atoms with van der Waals surface area (Å²) >= 11 is 5.90. The molecule has 0 bridgehead atoms. The van der Waals surface area contributed by atoms with Crippen LogP contribution in [0.3, 0.4) is 0 Å². The maximum atomic E-state index is 13.4. The molecule has 3 aromatic carbocycles. The van der Waals surface area contributed by atoms with E-state index in [4.69, 9.17) is 25.8 Å². The van der Waals surface area contributed by atoms with Crippen molar-refractivity contribution in [3.8, 4) is 17.2 Å². The van der Waals surface area contributed by atoms with Crippen molar-refractivity contribution >= 4 is 29.0 Å². The highest BCUT2D eigenvalue weighted by molar-refractivity contribution is 6.30. The minimum atomic E-state index is -1.97. The Morgan fingerprint density at radius 3 is 2.56 bits per heavy atom. The Morgan fingerprint density at radius 1 is 1.03 bits per heavy atom. The topological polar surface area (TPSA) is 85.3 Å². The summed E-state index contributed by atoms with van der Waals surface area (Å²) in [5.41, 5.74) is -0.671. The van der Waals surface area contributed by atoms with Crippen molar-refractivity contribution < 1.29 is 28.9 Å². The molecule has 1 unspecified atom stereocenters.